The number of nitrogens with two attached hydrogens (primary N) is 1. The molecule has 2 rings (SSSR count). The molecule has 1 unspecified atom stereocenters. The number of rotatable bonds is 3. The molecular weight excluding hydrogens is 271 g/mol. The molecule has 0 aliphatic rings. The Morgan fingerprint density at radius 3 is 2.67 bits per heavy atom. The van der Waals surface area contributed by atoms with Gasteiger partial charge in [-0.2, -0.15) is 0 Å². The average Bonchev–Trinajstić information content (AvgIpc) is 2.80. The highest BCUT2D eigenvalue weighted by Crippen LogP contribution is 2.28. The van der Waals surface area contributed by atoms with E-state index in [1.807, 2.05) is 26.0 Å². The van der Waals surface area contributed by atoms with Crippen LogP contribution in [0.3, 0.4) is 0 Å². The zero-order valence-corrected chi connectivity index (χ0v) is 11.7. The fourth-order valence-electron chi connectivity index (χ4n) is 1.56. The zero-order chi connectivity index (χ0) is 13.3. The number of hydrogen-bond acceptors (Lipinski definition) is 3. The summed E-state index contributed by atoms with van der Waals surface area (Å²) >= 11 is 12.1. The molecule has 1 atom stereocenters. The highest BCUT2D eigenvalue weighted by atomic mass is 35.5. The van der Waals surface area contributed by atoms with E-state index in [0.29, 0.717) is 21.7 Å². The Bertz CT molecular complexity index is 551. The van der Waals surface area contributed by atoms with Crippen molar-refractivity contribution in [2.75, 3.05) is 0 Å². The van der Waals surface area contributed by atoms with Crippen molar-refractivity contribution in [2.24, 2.45) is 11.7 Å². The molecule has 0 bridgehead atoms. The quantitative estimate of drug-likeness (QED) is 0.941. The van der Waals surface area contributed by atoms with Gasteiger partial charge < -0.3 is 5.73 Å². The molecule has 6 heteroatoms. The molecule has 0 amide bonds. The topological polar surface area (TPSA) is 56.7 Å². The van der Waals surface area contributed by atoms with Crippen molar-refractivity contribution in [3.05, 3.63) is 40.1 Å². The van der Waals surface area contributed by atoms with Crippen LogP contribution in [0.1, 0.15) is 25.6 Å². The standard InChI is InChI=1S/C12H14Cl2N4/c1-7(2)12(15)9-6-18(17-16-9)10-5-3-4-8(13)11(10)14/h3-7,12H,15H2,1-2H3. The minimum absolute atomic E-state index is 0.142. The molecule has 2 N–H and O–H groups in total. The smallest absolute Gasteiger partial charge is 0.100 e. The highest BCUT2D eigenvalue weighted by molar-refractivity contribution is 6.43. The Balaban J connectivity index is 2.38. The van der Waals surface area contributed by atoms with Crippen LogP contribution in [0, 0.1) is 5.92 Å². The van der Waals surface area contributed by atoms with Gasteiger partial charge in [0.2, 0.25) is 0 Å². The van der Waals surface area contributed by atoms with Gasteiger partial charge in [0.05, 0.1) is 28.0 Å². The molecule has 0 aliphatic heterocycles. The maximum absolute atomic E-state index is 6.13. The number of halogens is 2. The van der Waals surface area contributed by atoms with Crippen molar-refractivity contribution >= 4 is 23.2 Å². The molecule has 0 radical (unpaired) electrons. The van der Waals surface area contributed by atoms with Gasteiger partial charge >= 0.3 is 0 Å². The van der Waals surface area contributed by atoms with Crippen molar-refractivity contribution < 1.29 is 0 Å². The molecule has 1 heterocycles. The van der Waals surface area contributed by atoms with E-state index in [-0.39, 0.29) is 6.04 Å². The fourth-order valence-corrected chi connectivity index (χ4v) is 1.94. The summed E-state index contributed by atoms with van der Waals surface area (Å²) in [5.74, 6) is 0.296. The van der Waals surface area contributed by atoms with Gasteiger partial charge in [-0.3, -0.25) is 0 Å². The van der Waals surface area contributed by atoms with Crippen LogP contribution in [0.15, 0.2) is 24.4 Å². The summed E-state index contributed by atoms with van der Waals surface area (Å²) in [6.45, 7) is 4.08. The average molecular weight is 285 g/mol. The first-order chi connectivity index (χ1) is 8.50. The van der Waals surface area contributed by atoms with Crippen LogP contribution < -0.4 is 5.73 Å². The molecule has 18 heavy (non-hydrogen) atoms. The summed E-state index contributed by atoms with van der Waals surface area (Å²) in [6, 6.07) is 5.23. The summed E-state index contributed by atoms with van der Waals surface area (Å²) in [5, 5.41) is 9.04. The number of benzene rings is 1. The lowest BCUT2D eigenvalue weighted by Crippen LogP contribution is -2.17. The number of aromatic nitrogens is 3. The molecule has 1 aromatic carbocycles. The Labute approximate surface area is 116 Å². The predicted molar refractivity (Wildman–Crippen MR) is 73.1 cm³/mol. The van der Waals surface area contributed by atoms with Gasteiger partial charge in [-0.15, -0.1) is 5.10 Å². The third kappa shape index (κ3) is 2.51. The molecule has 0 saturated carbocycles. The van der Waals surface area contributed by atoms with Crippen LogP contribution in [-0.2, 0) is 0 Å². The van der Waals surface area contributed by atoms with Crippen molar-refractivity contribution in [2.45, 2.75) is 19.9 Å². The van der Waals surface area contributed by atoms with E-state index in [2.05, 4.69) is 10.3 Å². The van der Waals surface area contributed by atoms with Gasteiger partial charge in [-0.25, -0.2) is 4.68 Å². The maximum Gasteiger partial charge on any atom is 0.100 e. The molecule has 0 fully saturated rings. The molecule has 1 aromatic heterocycles. The maximum atomic E-state index is 6.13. The minimum atomic E-state index is -0.142. The Morgan fingerprint density at radius 2 is 2.00 bits per heavy atom. The van der Waals surface area contributed by atoms with Gasteiger partial charge in [0.15, 0.2) is 0 Å². The molecule has 2 aromatic rings. The number of hydrogen-bond donors (Lipinski definition) is 1. The highest BCUT2D eigenvalue weighted by Gasteiger charge is 2.16. The van der Waals surface area contributed by atoms with Gasteiger partial charge in [0, 0.05) is 0 Å². The monoisotopic (exact) mass is 284 g/mol. The van der Waals surface area contributed by atoms with E-state index >= 15 is 0 Å². The van der Waals surface area contributed by atoms with Crippen LogP contribution in [0.2, 0.25) is 10.0 Å². The van der Waals surface area contributed by atoms with Gasteiger partial charge in [-0.1, -0.05) is 48.3 Å². The Kier molecular flexibility index (Phi) is 3.90. The van der Waals surface area contributed by atoms with Crippen LogP contribution in [0.25, 0.3) is 5.69 Å². The van der Waals surface area contributed by atoms with Gasteiger partial charge in [-0.05, 0) is 18.1 Å². The number of nitrogens with zero attached hydrogens (tertiary/aromatic N) is 3. The van der Waals surface area contributed by atoms with E-state index < -0.39 is 0 Å². The van der Waals surface area contributed by atoms with Crippen molar-refractivity contribution in [3.8, 4) is 5.69 Å². The predicted octanol–water partition coefficient (Wildman–Crippen LogP) is 3.23. The first-order valence-electron chi connectivity index (χ1n) is 5.63. The second-order valence-corrected chi connectivity index (χ2v) is 5.22. The van der Waals surface area contributed by atoms with Crippen molar-refractivity contribution in [1.82, 2.24) is 15.0 Å². The Morgan fingerprint density at radius 1 is 1.28 bits per heavy atom. The summed E-state index contributed by atoms with van der Waals surface area (Å²) in [4.78, 5) is 0. The second-order valence-electron chi connectivity index (χ2n) is 4.43. The summed E-state index contributed by atoms with van der Waals surface area (Å²) in [7, 11) is 0. The van der Waals surface area contributed by atoms with E-state index in [4.69, 9.17) is 28.9 Å². The molecule has 0 aliphatic carbocycles. The largest absolute Gasteiger partial charge is 0.322 e. The van der Waals surface area contributed by atoms with Gasteiger partial charge in [0.1, 0.15) is 5.69 Å². The third-order valence-corrected chi connectivity index (χ3v) is 3.56. The molecule has 4 nitrogen and oxygen atoms in total. The molecular formula is C12H14Cl2N4. The lowest BCUT2D eigenvalue weighted by atomic mass is 10.0. The SMILES string of the molecule is CC(C)C(N)c1cn(-c2cccc(Cl)c2Cl)nn1. The molecule has 96 valence electrons. The summed E-state index contributed by atoms with van der Waals surface area (Å²) in [5.41, 5.74) is 7.45. The second kappa shape index (κ2) is 5.26. The summed E-state index contributed by atoms with van der Waals surface area (Å²) in [6.07, 6.45) is 1.78. The summed E-state index contributed by atoms with van der Waals surface area (Å²) < 4.78 is 1.59. The first kappa shape index (κ1) is 13.3. The lowest BCUT2D eigenvalue weighted by Gasteiger charge is -2.11. The van der Waals surface area contributed by atoms with Crippen LogP contribution in [0.4, 0.5) is 0 Å². The first-order valence-corrected chi connectivity index (χ1v) is 6.38. The van der Waals surface area contributed by atoms with Crippen molar-refractivity contribution in [3.63, 3.8) is 0 Å². The van der Waals surface area contributed by atoms with Gasteiger partial charge in [0.25, 0.3) is 0 Å². The van der Waals surface area contributed by atoms with E-state index in [1.54, 1.807) is 16.9 Å². The third-order valence-electron chi connectivity index (χ3n) is 2.75. The van der Waals surface area contributed by atoms with Crippen LogP contribution in [0.5, 0.6) is 0 Å². The van der Waals surface area contributed by atoms with Crippen LogP contribution in [-0.4, -0.2) is 15.0 Å². The fraction of sp³-hybridized carbons (Fsp3) is 0.333. The molecule has 0 spiro atoms. The lowest BCUT2D eigenvalue weighted by molar-refractivity contribution is 0.502. The zero-order valence-electron chi connectivity index (χ0n) is 10.1. The van der Waals surface area contributed by atoms with E-state index in [0.717, 1.165) is 5.69 Å². The minimum Gasteiger partial charge on any atom is -0.322 e. The van der Waals surface area contributed by atoms with E-state index in [1.165, 1.54) is 0 Å². The van der Waals surface area contributed by atoms with Crippen LogP contribution >= 0.6 is 23.2 Å². The Hall–Kier alpha value is -1.10. The van der Waals surface area contributed by atoms with E-state index in [9.17, 15) is 0 Å². The van der Waals surface area contributed by atoms with Crippen molar-refractivity contribution in [1.29, 1.82) is 0 Å². The molecule has 0 saturated heterocycles. The normalized spacial score (nSPS) is 13.0.